The molecule has 2 nitrogen and oxygen atoms in total. The lowest BCUT2D eigenvalue weighted by Gasteiger charge is -2.11. The van der Waals surface area contributed by atoms with Crippen LogP contribution in [-0.2, 0) is 6.42 Å². The van der Waals surface area contributed by atoms with Gasteiger partial charge >= 0.3 is 0 Å². The van der Waals surface area contributed by atoms with Crippen LogP contribution in [0.1, 0.15) is 23.6 Å². The Labute approximate surface area is 142 Å². The molecule has 118 valence electrons. The van der Waals surface area contributed by atoms with E-state index in [0.29, 0.717) is 6.04 Å². The summed E-state index contributed by atoms with van der Waals surface area (Å²) in [6.07, 6.45) is 1.06. The summed E-state index contributed by atoms with van der Waals surface area (Å²) in [5.41, 5.74) is 6.81. The van der Waals surface area contributed by atoms with Gasteiger partial charge in [-0.15, -0.1) is 0 Å². The van der Waals surface area contributed by atoms with Crippen molar-refractivity contribution in [3.05, 3.63) is 95.6 Å². The van der Waals surface area contributed by atoms with Crippen molar-refractivity contribution >= 4 is 17.1 Å². The summed E-state index contributed by atoms with van der Waals surface area (Å²) < 4.78 is 0. The van der Waals surface area contributed by atoms with Crippen LogP contribution in [0.3, 0.4) is 0 Å². The van der Waals surface area contributed by atoms with Crippen molar-refractivity contribution in [2.75, 3.05) is 5.32 Å². The maximum absolute atomic E-state index is 5.06. The predicted molar refractivity (Wildman–Crippen MR) is 101 cm³/mol. The van der Waals surface area contributed by atoms with Gasteiger partial charge in [-0.1, -0.05) is 72.8 Å². The molecule has 0 fully saturated rings. The van der Waals surface area contributed by atoms with E-state index in [-0.39, 0.29) is 0 Å². The molecule has 4 rings (SSSR count). The Morgan fingerprint density at radius 3 is 2.08 bits per heavy atom. The topological polar surface area (TPSA) is 24.4 Å². The van der Waals surface area contributed by atoms with Gasteiger partial charge in [0.25, 0.3) is 0 Å². The van der Waals surface area contributed by atoms with Gasteiger partial charge in [0, 0.05) is 17.2 Å². The third-order valence-electron chi connectivity index (χ3n) is 4.37. The lowest BCUT2D eigenvalue weighted by molar-refractivity contribution is 0.839. The predicted octanol–water partition coefficient (Wildman–Crippen LogP) is 5.21. The number of hydrogen-bond acceptors (Lipinski definition) is 2. The van der Waals surface area contributed by atoms with Crippen molar-refractivity contribution in [1.29, 1.82) is 0 Å². The highest BCUT2D eigenvalue weighted by atomic mass is 15.0. The minimum Gasteiger partial charge on any atom is -0.380 e. The number of aliphatic imine (C=N–C) groups is 1. The SMILES string of the molecule is C[C@H]1Cc2cccc(N=C(c3ccccc3)c3ccccc3)c2N1. The average molecular weight is 312 g/mol. The zero-order valence-corrected chi connectivity index (χ0v) is 13.7. The minimum atomic E-state index is 0.466. The Kier molecular flexibility index (Phi) is 3.87. The molecule has 1 aliphatic heterocycles. The zero-order chi connectivity index (χ0) is 16.4. The van der Waals surface area contributed by atoms with Crippen LogP contribution >= 0.6 is 0 Å². The van der Waals surface area contributed by atoms with Gasteiger partial charge in [0.1, 0.15) is 0 Å². The molecule has 0 saturated carbocycles. The second-order valence-corrected chi connectivity index (χ2v) is 6.25. The Morgan fingerprint density at radius 2 is 1.46 bits per heavy atom. The van der Waals surface area contributed by atoms with Crippen LogP contribution in [0, 0.1) is 0 Å². The molecule has 0 amide bonds. The van der Waals surface area contributed by atoms with Crippen LogP contribution in [0.2, 0.25) is 0 Å². The average Bonchev–Trinajstić information content (AvgIpc) is 3.02. The third kappa shape index (κ3) is 2.83. The van der Waals surface area contributed by atoms with Gasteiger partial charge in [-0.2, -0.15) is 0 Å². The number of anilines is 1. The molecular weight excluding hydrogens is 292 g/mol. The fourth-order valence-corrected chi connectivity index (χ4v) is 3.25. The van der Waals surface area contributed by atoms with E-state index in [9.17, 15) is 0 Å². The van der Waals surface area contributed by atoms with E-state index in [1.807, 2.05) is 12.1 Å². The summed E-state index contributed by atoms with van der Waals surface area (Å²) in [6.45, 7) is 2.21. The summed E-state index contributed by atoms with van der Waals surface area (Å²) in [4.78, 5) is 5.06. The lowest BCUT2D eigenvalue weighted by Crippen LogP contribution is -2.08. The number of nitrogens with one attached hydrogen (secondary N) is 1. The van der Waals surface area contributed by atoms with Crippen molar-refractivity contribution in [3.8, 4) is 0 Å². The molecule has 0 aromatic heterocycles. The summed E-state index contributed by atoms with van der Waals surface area (Å²) in [7, 11) is 0. The van der Waals surface area contributed by atoms with Crippen LogP contribution in [0.25, 0.3) is 0 Å². The van der Waals surface area contributed by atoms with Gasteiger partial charge in [-0.25, -0.2) is 4.99 Å². The van der Waals surface area contributed by atoms with Crippen molar-refractivity contribution in [2.24, 2.45) is 4.99 Å². The molecule has 0 unspecified atom stereocenters. The molecule has 1 aliphatic rings. The normalized spacial score (nSPS) is 15.5. The number of para-hydroxylation sites is 1. The molecule has 0 spiro atoms. The van der Waals surface area contributed by atoms with E-state index in [2.05, 4.69) is 79.0 Å². The van der Waals surface area contributed by atoms with Gasteiger partial charge < -0.3 is 5.32 Å². The molecule has 1 N–H and O–H groups in total. The van der Waals surface area contributed by atoms with E-state index in [1.165, 1.54) is 11.3 Å². The molecule has 2 heteroatoms. The first-order chi connectivity index (χ1) is 11.8. The number of nitrogens with zero attached hydrogens (tertiary/aromatic N) is 1. The summed E-state index contributed by atoms with van der Waals surface area (Å²) in [6, 6.07) is 27.6. The second kappa shape index (κ2) is 6.32. The molecule has 0 aliphatic carbocycles. The first kappa shape index (κ1) is 14.7. The second-order valence-electron chi connectivity index (χ2n) is 6.25. The largest absolute Gasteiger partial charge is 0.380 e. The number of benzene rings is 3. The van der Waals surface area contributed by atoms with E-state index in [1.54, 1.807) is 0 Å². The number of fused-ring (bicyclic) bond motifs is 1. The monoisotopic (exact) mass is 312 g/mol. The minimum absolute atomic E-state index is 0.466. The van der Waals surface area contributed by atoms with E-state index < -0.39 is 0 Å². The summed E-state index contributed by atoms with van der Waals surface area (Å²) >= 11 is 0. The van der Waals surface area contributed by atoms with Crippen molar-refractivity contribution in [1.82, 2.24) is 0 Å². The van der Waals surface area contributed by atoms with Gasteiger partial charge in [0.15, 0.2) is 0 Å². The van der Waals surface area contributed by atoms with E-state index in [0.717, 1.165) is 28.9 Å². The molecule has 0 radical (unpaired) electrons. The van der Waals surface area contributed by atoms with Gasteiger partial charge in [-0.3, -0.25) is 0 Å². The molecule has 3 aromatic carbocycles. The zero-order valence-electron chi connectivity index (χ0n) is 13.7. The smallest absolute Gasteiger partial charge is 0.0871 e. The van der Waals surface area contributed by atoms with Crippen molar-refractivity contribution < 1.29 is 0 Å². The van der Waals surface area contributed by atoms with Crippen molar-refractivity contribution in [3.63, 3.8) is 0 Å². The maximum Gasteiger partial charge on any atom is 0.0871 e. The highest BCUT2D eigenvalue weighted by molar-refractivity contribution is 6.14. The fraction of sp³-hybridized carbons (Fsp3) is 0.136. The molecule has 3 aromatic rings. The molecule has 1 heterocycles. The van der Waals surface area contributed by atoms with Gasteiger partial charge in [-0.05, 0) is 25.0 Å². The fourth-order valence-electron chi connectivity index (χ4n) is 3.25. The number of hydrogen-bond donors (Lipinski definition) is 1. The molecular formula is C22H20N2. The molecule has 24 heavy (non-hydrogen) atoms. The number of rotatable bonds is 3. The van der Waals surface area contributed by atoms with Crippen LogP contribution in [0.15, 0.2) is 83.9 Å². The first-order valence-corrected chi connectivity index (χ1v) is 8.39. The molecule has 0 saturated heterocycles. The van der Waals surface area contributed by atoms with Crippen LogP contribution < -0.4 is 5.32 Å². The molecule has 1 atom stereocenters. The summed E-state index contributed by atoms with van der Waals surface area (Å²) in [5.74, 6) is 0. The Hall–Kier alpha value is -2.87. The third-order valence-corrected chi connectivity index (χ3v) is 4.37. The standard InChI is InChI=1S/C22H20N2/c1-16-15-19-13-8-14-20(22(19)23-16)24-21(17-9-4-2-5-10-17)18-11-6-3-7-12-18/h2-14,16,23H,15H2,1H3/t16-/m0/s1. The quantitative estimate of drug-likeness (QED) is 0.659. The van der Waals surface area contributed by atoms with Crippen LogP contribution in [0.4, 0.5) is 11.4 Å². The summed E-state index contributed by atoms with van der Waals surface area (Å²) in [5, 5.41) is 3.57. The van der Waals surface area contributed by atoms with E-state index >= 15 is 0 Å². The maximum atomic E-state index is 5.06. The highest BCUT2D eigenvalue weighted by Gasteiger charge is 2.19. The molecule has 0 bridgehead atoms. The van der Waals surface area contributed by atoms with Crippen LogP contribution in [0.5, 0.6) is 0 Å². The van der Waals surface area contributed by atoms with Gasteiger partial charge in [0.2, 0.25) is 0 Å². The highest BCUT2D eigenvalue weighted by Crippen LogP contribution is 2.35. The first-order valence-electron chi connectivity index (χ1n) is 8.39. The Balaban J connectivity index is 1.87. The Bertz CT molecular complexity index is 825. The van der Waals surface area contributed by atoms with E-state index in [4.69, 9.17) is 4.99 Å². The van der Waals surface area contributed by atoms with Gasteiger partial charge in [0.05, 0.1) is 17.1 Å². The van der Waals surface area contributed by atoms with Crippen molar-refractivity contribution in [2.45, 2.75) is 19.4 Å². The van der Waals surface area contributed by atoms with Crippen LogP contribution in [-0.4, -0.2) is 11.8 Å². The Morgan fingerprint density at radius 1 is 0.833 bits per heavy atom. The lowest BCUT2D eigenvalue weighted by atomic mass is 10.0.